The van der Waals surface area contributed by atoms with E-state index in [4.69, 9.17) is 0 Å². The Balaban J connectivity index is 1.66. The van der Waals surface area contributed by atoms with Gasteiger partial charge in [0.05, 0.1) is 5.56 Å². The number of rotatable bonds is 6. The van der Waals surface area contributed by atoms with Gasteiger partial charge in [-0.15, -0.1) is 11.8 Å². The lowest BCUT2D eigenvalue weighted by atomic mass is 10.1. The lowest BCUT2D eigenvalue weighted by Gasteiger charge is -2.20. The summed E-state index contributed by atoms with van der Waals surface area (Å²) in [5.74, 6) is -0.707. The number of amides is 4. The quantitative estimate of drug-likeness (QED) is 0.525. The summed E-state index contributed by atoms with van der Waals surface area (Å²) in [5, 5.41) is 7.62. The molecule has 3 N–H and O–H groups in total. The van der Waals surface area contributed by atoms with E-state index in [-0.39, 0.29) is 24.0 Å². The molecule has 0 aliphatic carbocycles. The Labute approximate surface area is 159 Å². The van der Waals surface area contributed by atoms with Gasteiger partial charge < -0.3 is 10.6 Å². The molecule has 1 aliphatic rings. The van der Waals surface area contributed by atoms with Gasteiger partial charge >= 0.3 is 6.03 Å². The van der Waals surface area contributed by atoms with Crippen LogP contribution in [0.15, 0.2) is 53.4 Å². The molecule has 1 aliphatic heterocycles. The van der Waals surface area contributed by atoms with Gasteiger partial charge in [-0.1, -0.05) is 24.3 Å². The summed E-state index contributed by atoms with van der Waals surface area (Å²) in [5.41, 5.74) is 0.227. The van der Waals surface area contributed by atoms with Crippen molar-refractivity contribution in [3.05, 3.63) is 65.5 Å². The molecule has 0 bridgehead atoms. The second kappa shape index (κ2) is 7.79. The number of thioether (sulfide) groups is 1. The monoisotopic (exact) mass is 387 g/mol. The third-order valence-electron chi connectivity index (χ3n) is 4.13. The first kappa shape index (κ1) is 18.9. The van der Waals surface area contributed by atoms with Crippen molar-refractivity contribution in [3.63, 3.8) is 0 Å². The van der Waals surface area contributed by atoms with E-state index in [9.17, 15) is 18.8 Å². The average molecular weight is 387 g/mol. The number of nitrogens with one attached hydrogen (secondary N) is 3. The van der Waals surface area contributed by atoms with Crippen LogP contribution in [-0.4, -0.2) is 29.1 Å². The van der Waals surface area contributed by atoms with Crippen LogP contribution < -0.4 is 16.0 Å². The number of carbonyl (C=O) groups is 3. The van der Waals surface area contributed by atoms with Crippen LogP contribution in [0.1, 0.15) is 22.8 Å². The Kier molecular flexibility index (Phi) is 5.46. The van der Waals surface area contributed by atoms with Crippen LogP contribution in [-0.2, 0) is 11.3 Å². The van der Waals surface area contributed by atoms with Gasteiger partial charge in [-0.05, 0) is 36.8 Å². The number of halogens is 1. The van der Waals surface area contributed by atoms with Crippen LogP contribution >= 0.6 is 11.8 Å². The molecule has 6 nitrogen and oxygen atoms in total. The fraction of sp³-hybridized carbons (Fsp3) is 0.211. The van der Waals surface area contributed by atoms with Crippen LogP contribution in [0.2, 0.25) is 0 Å². The first-order chi connectivity index (χ1) is 12.9. The van der Waals surface area contributed by atoms with Crippen LogP contribution in [0, 0.1) is 5.82 Å². The van der Waals surface area contributed by atoms with Crippen LogP contribution in [0.25, 0.3) is 0 Å². The normalized spacial score (nSPS) is 18.7. The molecular weight excluding hydrogens is 369 g/mol. The van der Waals surface area contributed by atoms with Crippen molar-refractivity contribution >= 4 is 29.6 Å². The number of imide groups is 1. The van der Waals surface area contributed by atoms with E-state index in [1.54, 1.807) is 43.3 Å². The largest absolute Gasteiger partial charge is 0.348 e. The van der Waals surface area contributed by atoms with Crippen molar-refractivity contribution in [3.8, 4) is 0 Å². The van der Waals surface area contributed by atoms with E-state index in [2.05, 4.69) is 16.0 Å². The predicted octanol–water partition coefficient (Wildman–Crippen LogP) is 2.45. The van der Waals surface area contributed by atoms with Gasteiger partial charge in [-0.25, -0.2) is 9.18 Å². The number of hydrogen-bond donors (Lipinski definition) is 3. The number of hydrogen-bond acceptors (Lipinski definition) is 4. The lowest BCUT2D eigenvalue weighted by Crippen LogP contribution is -2.46. The standard InChI is InChI=1S/C19H18FN3O3S/c1-19(17(25)22-18(26)23-19)11-27-15-5-3-2-4-14(15)16(24)21-10-12-6-8-13(20)9-7-12/h2-9H,10-11H2,1H3,(H,21,24)(H2,22,23,25,26)/t19-/m0/s1. The van der Waals surface area contributed by atoms with Gasteiger partial charge in [-0.3, -0.25) is 14.9 Å². The number of carbonyl (C=O) groups excluding carboxylic acids is 3. The van der Waals surface area contributed by atoms with Gasteiger partial charge in [0, 0.05) is 17.2 Å². The number of urea groups is 1. The van der Waals surface area contributed by atoms with Crippen LogP contribution in [0.3, 0.4) is 0 Å². The minimum atomic E-state index is -1.03. The summed E-state index contributed by atoms with van der Waals surface area (Å²) in [6.45, 7) is 1.91. The van der Waals surface area contributed by atoms with Crippen molar-refractivity contribution < 1.29 is 18.8 Å². The van der Waals surface area contributed by atoms with Gasteiger partial charge in [0.25, 0.3) is 11.8 Å². The molecule has 2 aromatic rings. The third kappa shape index (κ3) is 4.46. The summed E-state index contributed by atoms with van der Waals surface area (Å²) in [7, 11) is 0. The fourth-order valence-electron chi connectivity index (χ4n) is 2.56. The first-order valence-electron chi connectivity index (χ1n) is 8.25. The maximum Gasteiger partial charge on any atom is 0.322 e. The topological polar surface area (TPSA) is 87.3 Å². The molecule has 140 valence electrons. The maximum atomic E-state index is 13.0. The van der Waals surface area contributed by atoms with Gasteiger partial charge in [0.1, 0.15) is 11.4 Å². The third-order valence-corrected chi connectivity index (χ3v) is 5.52. The molecular formula is C19H18FN3O3S. The lowest BCUT2D eigenvalue weighted by molar-refractivity contribution is -0.122. The first-order valence-corrected chi connectivity index (χ1v) is 9.24. The summed E-state index contributed by atoms with van der Waals surface area (Å²) in [4.78, 5) is 36.5. The molecule has 2 aromatic carbocycles. The van der Waals surface area contributed by atoms with Crippen molar-refractivity contribution in [2.45, 2.75) is 23.9 Å². The van der Waals surface area contributed by atoms with E-state index in [0.29, 0.717) is 10.5 Å². The highest BCUT2D eigenvalue weighted by atomic mass is 32.2. The molecule has 0 spiro atoms. The molecule has 0 saturated carbocycles. The molecule has 0 unspecified atom stereocenters. The number of benzene rings is 2. The minimum Gasteiger partial charge on any atom is -0.348 e. The smallest absolute Gasteiger partial charge is 0.322 e. The van der Waals surface area contributed by atoms with Crippen molar-refractivity contribution in [1.29, 1.82) is 0 Å². The summed E-state index contributed by atoms with van der Waals surface area (Å²) in [6.07, 6.45) is 0. The van der Waals surface area contributed by atoms with E-state index in [1.807, 2.05) is 0 Å². The Morgan fingerprint density at radius 1 is 1.15 bits per heavy atom. The van der Waals surface area contributed by atoms with E-state index >= 15 is 0 Å². The van der Waals surface area contributed by atoms with Crippen molar-refractivity contribution in [1.82, 2.24) is 16.0 Å². The molecule has 0 radical (unpaired) electrons. The van der Waals surface area contributed by atoms with E-state index in [0.717, 1.165) is 5.56 Å². The zero-order valence-corrected chi connectivity index (χ0v) is 15.4. The Hall–Kier alpha value is -2.87. The molecule has 0 aromatic heterocycles. The molecule has 1 heterocycles. The zero-order valence-electron chi connectivity index (χ0n) is 14.5. The van der Waals surface area contributed by atoms with Gasteiger partial charge in [0.2, 0.25) is 0 Å². The molecule has 1 fully saturated rings. The zero-order chi connectivity index (χ0) is 19.4. The highest BCUT2D eigenvalue weighted by molar-refractivity contribution is 7.99. The molecule has 1 atom stereocenters. The molecule has 27 heavy (non-hydrogen) atoms. The second-order valence-electron chi connectivity index (χ2n) is 6.33. The Morgan fingerprint density at radius 3 is 2.52 bits per heavy atom. The van der Waals surface area contributed by atoms with Crippen LogP contribution in [0.4, 0.5) is 9.18 Å². The van der Waals surface area contributed by atoms with Crippen molar-refractivity contribution in [2.24, 2.45) is 0 Å². The second-order valence-corrected chi connectivity index (χ2v) is 7.35. The van der Waals surface area contributed by atoms with E-state index < -0.39 is 17.5 Å². The molecule has 4 amide bonds. The SMILES string of the molecule is C[C@@]1(CSc2ccccc2C(=O)NCc2ccc(F)cc2)NC(=O)NC1=O. The van der Waals surface area contributed by atoms with Crippen molar-refractivity contribution in [2.75, 3.05) is 5.75 Å². The predicted molar refractivity (Wildman–Crippen MR) is 99.8 cm³/mol. The average Bonchev–Trinajstić information content (AvgIpc) is 2.91. The Morgan fingerprint density at radius 2 is 1.85 bits per heavy atom. The summed E-state index contributed by atoms with van der Waals surface area (Å²) >= 11 is 1.31. The molecule has 3 rings (SSSR count). The highest BCUT2D eigenvalue weighted by Crippen LogP contribution is 2.27. The highest BCUT2D eigenvalue weighted by Gasteiger charge is 2.41. The molecule has 8 heteroatoms. The molecule has 1 saturated heterocycles. The maximum absolute atomic E-state index is 13.0. The summed E-state index contributed by atoms with van der Waals surface area (Å²) in [6, 6.07) is 12.4. The summed E-state index contributed by atoms with van der Waals surface area (Å²) < 4.78 is 13.0. The van der Waals surface area contributed by atoms with Crippen LogP contribution in [0.5, 0.6) is 0 Å². The van der Waals surface area contributed by atoms with Gasteiger partial charge in [0.15, 0.2) is 0 Å². The Bertz CT molecular complexity index is 888. The minimum absolute atomic E-state index is 0.271. The van der Waals surface area contributed by atoms with Gasteiger partial charge in [-0.2, -0.15) is 0 Å². The fourth-order valence-corrected chi connectivity index (χ4v) is 3.70. The van der Waals surface area contributed by atoms with E-state index in [1.165, 1.54) is 23.9 Å².